The van der Waals surface area contributed by atoms with Gasteiger partial charge in [0.25, 0.3) is 5.56 Å². The first-order chi connectivity index (χ1) is 9.25. The lowest BCUT2D eigenvalue weighted by Gasteiger charge is -2.00. The van der Waals surface area contributed by atoms with Crippen LogP contribution < -0.4 is 5.56 Å². The van der Waals surface area contributed by atoms with Crippen LogP contribution in [0.4, 0.5) is 0 Å². The van der Waals surface area contributed by atoms with E-state index in [0.717, 1.165) is 27.2 Å². The predicted molar refractivity (Wildman–Crippen MR) is 74.1 cm³/mol. The molecule has 5 nitrogen and oxygen atoms in total. The first-order valence-corrected chi connectivity index (χ1v) is 5.97. The standard InChI is InChI=1S/C14H10N4O/c1-18-14(19)10-3-2-8-6-7-15-16-13(8)9-4-5-11(17-18)12(9)10/h2-7,17H,1H3. The Morgan fingerprint density at radius 1 is 1.11 bits per heavy atom. The summed E-state index contributed by atoms with van der Waals surface area (Å²) < 4.78 is 1.49. The second-order valence-electron chi connectivity index (χ2n) is 4.59. The van der Waals surface area contributed by atoms with Gasteiger partial charge in [-0.2, -0.15) is 5.10 Å². The van der Waals surface area contributed by atoms with Crippen LogP contribution >= 0.6 is 0 Å². The molecule has 0 aliphatic carbocycles. The molecule has 0 bridgehead atoms. The Bertz CT molecular complexity index is 997. The maximum atomic E-state index is 12.2. The minimum atomic E-state index is -0.0445. The SMILES string of the molecule is Cn1[nH]c2ccc3c4nnccc4ccc(c1=O)c23. The molecule has 4 aromatic rings. The second-order valence-corrected chi connectivity index (χ2v) is 4.59. The molecule has 0 aliphatic rings. The zero-order valence-electron chi connectivity index (χ0n) is 10.2. The highest BCUT2D eigenvalue weighted by molar-refractivity contribution is 6.17. The Labute approximate surface area is 107 Å². The largest absolute Gasteiger partial charge is 0.295 e. The highest BCUT2D eigenvalue weighted by atomic mass is 16.1. The summed E-state index contributed by atoms with van der Waals surface area (Å²) >= 11 is 0. The van der Waals surface area contributed by atoms with Crippen LogP contribution in [0.1, 0.15) is 0 Å². The summed E-state index contributed by atoms with van der Waals surface area (Å²) in [5.74, 6) is 0. The number of aromatic nitrogens is 4. The van der Waals surface area contributed by atoms with E-state index in [2.05, 4.69) is 15.3 Å². The van der Waals surface area contributed by atoms with Gasteiger partial charge in [0.05, 0.1) is 17.1 Å². The van der Waals surface area contributed by atoms with Crippen LogP contribution in [0.3, 0.4) is 0 Å². The number of aryl methyl sites for hydroxylation is 1. The fraction of sp³-hybridized carbons (Fsp3) is 0.0714. The van der Waals surface area contributed by atoms with Crippen molar-refractivity contribution in [2.45, 2.75) is 0 Å². The Morgan fingerprint density at radius 3 is 2.84 bits per heavy atom. The Morgan fingerprint density at radius 2 is 1.95 bits per heavy atom. The van der Waals surface area contributed by atoms with Crippen molar-refractivity contribution in [3.8, 4) is 0 Å². The van der Waals surface area contributed by atoms with Crippen molar-refractivity contribution in [3.05, 3.63) is 46.9 Å². The maximum absolute atomic E-state index is 12.2. The van der Waals surface area contributed by atoms with Crippen LogP contribution in [0.25, 0.3) is 32.6 Å². The summed E-state index contributed by atoms with van der Waals surface area (Å²) in [6.07, 6.45) is 1.66. The maximum Gasteiger partial charge on any atom is 0.272 e. The molecule has 0 atom stereocenters. The van der Waals surface area contributed by atoms with Crippen molar-refractivity contribution in [1.29, 1.82) is 0 Å². The minimum absolute atomic E-state index is 0.0445. The summed E-state index contributed by atoms with van der Waals surface area (Å²) in [5.41, 5.74) is 1.70. The normalized spacial score (nSPS) is 11.6. The lowest BCUT2D eigenvalue weighted by molar-refractivity contribution is 0.733. The molecule has 2 aromatic heterocycles. The Kier molecular flexibility index (Phi) is 1.84. The van der Waals surface area contributed by atoms with Gasteiger partial charge in [0.1, 0.15) is 5.52 Å². The van der Waals surface area contributed by atoms with E-state index in [1.54, 1.807) is 13.2 Å². The van der Waals surface area contributed by atoms with Crippen molar-refractivity contribution in [3.63, 3.8) is 0 Å². The lowest BCUT2D eigenvalue weighted by Crippen LogP contribution is -2.18. The van der Waals surface area contributed by atoms with Gasteiger partial charge in [-0.05, 0) is 24.3 Å². The van der Waals surface area contributed by atoms with Crippen molar-refractivity contribution in [2.75, 3.05) is 0 Å². The van der Waals surface area contributed by atoms with Gasteiger partial charge < -0.3 is 0 Å². The number of nitrogens with one attached hydrogen (secondary N) is 1. The zero-order valence-corrected chi connectivity index (χ0v) is 10.2. The summed E-state index contributed by atoms with van der Waals surface area (Å²) in [6.45, 7) is 0. The third-order valence-electron chi connectivity index (χ3n) is 3.48. The molecule has 5 heteroatoms. The fourth-order valence-electron chi connectivity index (χ4n) is 2.59. The van der Waals surface area contributed by atoms with Crippen LogP contribution in [-0.2, 0) is 7.05 Å². The van der Waals surface area contributed by atoms with E-state index in [1.165, 1.54) is 4.68 Å². The van der Waals surface area contributed by atoms with Crippen LogP contribution in [0.2, 0.25) is 0 Å². The molecule has 2 heterocycles. The Hall–Kier alpha value is -2.69. The molecule has 0 saturated carbocycles. The molecular formula is C14H10N4O. The minimum Gasteiger partial charge on any atom is -0.295 e. The lowest BCUT2D eigenvalue weighted by atomic mass is 10.2. The molecule has 0 radical (unpaired) electrons. The van der Waals surface area contributed by atoms with E-state index in [4.69, 9.17) is 0 Å². The molecule has 92 valence electrons. The molecule has 2 aromatic carbocycles. The first-order valence-electron chi connectivity index (χ1n) is 5.97. The number of aromatic amines is 1. The molecule has 1 N–H and O–H groups in total. The number of hydrogen-bond donors (Lipinski definition) is 1. The topological polar surface area (TPSA) is 63.6 Å². The predicted octanol–water partition coefficient (Wildman–Crippen LogP) is 1.96. The summed E-state index contributed by atoms with van der Waals surface area (Å²) in [4.78, 5) is 12.2. The van der Waals surface area contributed by atoms with E-state index < -0.39 is 0 Å². The molecule has 0 aliphatic heterocycles. The number of rotatable bonds is 0. The van der Waals surface area contributed by atoms with Crippen molar-refractivity contribution in [1.82, 2.24) is 20.0 Å². The molecular weight excluding hydrogens is 240 g/mol. The van der Waals surface area contributed by atoms with Gasteiger partial charge in [-0.15, -0.1) is 5.10 Å². The third-order valence-corrected chi connectivity index (χ3v) is 3.48. The molecule has 4 rings (SSSR count). The van der Waals surface area contributed by atoms with Crippen molar-refractivity contribution < 1.29 is 0 Å². The molecule has 0 spiro atoms. The van der Waals surface area contributed by atoms with Crippen LogP contribution in [-0.4, -0.2) is 20.0 Å². The Balaban J connectivity index is 2.47. The monoisotopic (exact) mass is 250 g/mol. The third kappa shape index (κ3) is 1.26. The van der Waals surface area contributed by atoms with E-state index in [1.807, 2.05) is 30.3 Å². The van der Waals surface area contributed by atoms with Gasteiger partial charge in [0.15, 0.2) is 0 Å². The van der Waals surface area contributed by atoms with Gasteiger partial charge >= 0.3 is 0 Å². The highest BCUT2D eigenvalue weighted by Gasteiger charge is 2.10. The average Bonchev–Trinajstić information content (AvgIpc) is 2.75. The van der Waals surface area contributed by atoms with Crippen LogP contribution in [0.5, 0.6) is 0 Å². The highest BCUT2D eigenvalue weighted by Crippen LogP contribution is 2.28. The van der Waals surface area contributed by atoms with Crippen LogP contribution in [0.15, 0.2) is 41.3 Å². The molecule has 0 saturated heterocycles. The van der Waals surface area contributed by atoms with E-state index in [0.29, 0.717) is 5.39 Å². The molecule has 0 amide bonds. The smallest absolute Gasteiger partial charge is 0.272 e. The molecule has 0 fully saturated rings. The van der Waals surface area contributed by atoms with E-state index in [-0.39, 0.29) is 5.56 Å². The fourth-order valence-corrected chi connectivity index (χ4v) is 2.59. The second kappa shape index (κ2) is 3.41. The average molecular weight is 250 g/mol. The number of H-pyrrole nitrogens is 1. The number of hydrogen-bond acceptors (Lipinski definition) is 3. The van der Waals surface area contributed by atoms with Gasteiger partial charge in [-0.25, -0.2) is 0 Å². The zero-order chi connectivity index (χ0) is 13.0. The van der Waals surface area contributed by atoms with Gasteiger partial charge in [-0.3, -0.25) is 14.6 Å². The number of nitrogens with zero attached hydrogens (tertiary/aromatic N) is 3. The summed E-state index contributed by atoms with van der Waals surface area (Å²) in [5, 5.41) is 14.7. The molecule has 0 unspecified atom stereocenters. The van der Waals surface area contributed by atoms with E-state index >= 15 is 0 Å². The van der Waals surface area contributed by atoms with Gasteiger partial charge in [-0.1, -0.05) is 6.07 Å². The van der Waals surface area contributed by atoms with E-state index in [9.17, 15) is 4.79 Å². The molecule has 19 heavy (non-hydrogen) atoms. The van der Waals surface area contributed by atoms with Crippen molar-refractivity contribution >= 4 is 32.6 Å². The summed E-state index contributed by atoms with van der Waals surface area (Å²) in [7, 11) is 1.72. The quantitative estimate of drug-likeness (QED) is 0.519. The van der Waals surface area contributed by atoms with Gasteiger partial charge in [0.2, 0.25) is 0 Å². The van der Waals surface area contributed by atoms with Gasteiger partial charge in [0, 0.05) is 23.2 Å². The first kappa shape index (κ1) is 10.3. The van der Waals surface area contributed by atoms with Crippen LogP contribution in [0, 0.1) is 0 Å². The van der Waals surface area contributed by atoms with Crippen molar-refractivity contribution in [2.24, 2.45) is 7.05 Å². The summed E-state index contributed by atoms with van der Waals surface area (Å²) in [6, 6.07) is 9.61. The number of fused-ring (bicyclic) bond motifs is 2.